The van der Waals surface area contributed by atoms with Crippen LogP contribution < -0.4 is 0 Å². The van der Waals surface area contributed by atoms with Gasteiger partial charge in [-0.25, -0.2) is 4.85 Å². The summed E-state index contributed by atoms with van der Waals surface area (Å²) in [5.41, 5.74) is 12.5. The van der Waals surface area contributed by atoms with Gasteiger partial charge in [0, 0.05) is 32.5 Å². The van der Waals surface area contributed by atoms with Crippen LogP contribution in [-0.2, 0) is 0 Å². The largest absolute Gasteiger partial charge is 0.309 e. The highest BCUT2D eigenvalue weighted by Crippen LogP contribution is 2.42. The molecule has 5 nitrogen and oxygen atoms in total. The van der Waals surface area contributed by atoms with Crippen LogP contribution in [0.15, 0.2) is 176 Å². The smallest absolute Gasteiger partial charge is 0.188 e. The van der Waals surface area contributed by atoms with Crippen molar-refractivity contribution in [2.75, 3.05) is 0 Å². The maximum absolute atomic E-state index is 11.0. The lowest BCUT2D eigenvalue weighted by molar-refractivity contribution is 1.12. The molecule has 0 spiro atoms. The van der Waals surface area contributed by atoms with Gasteiger partial charge in [-0.1, -0.05) is 115 Å². The van der Waals surface area contributed by atoms with Crippen molar-refractivity contribution in [3.63, 3.8) is 0 Å². The molecule has 0 saturated carbocycles. The van der Waals surface area contributed by atoms with Gasteiger partial charge in [-0.3, -0.25) is 0 Å². The summed E-state index contributed by atoms with van der Waals surface area (Å²) < 4.78 is 6.92. The zero-order chi connectivity index (χ0) is 36.6. The summed E-state index contributed by atoms with van der Waals surface area (Å²) >= 11 is 0. The number of para-hydroxylation sites is 6. The average Bonchev–Trinajstić information content (AvgIpc) is 3.89. The Balaban J connectivity index is 1.17. The molecule has 11 rings (SSSR count). The molecule has 0 fully saturated rings. The zero-order valence-electron chi connectivity index (χ0n) is 29.5. The summed E-state index contributed by atoms with van der Waals surface area (Å²) in [6, 6.07) is 63.7. The molecule has 0 N–H and O–H groups in total. The van der Waals surface area contributed by atoms with Crippen LogP contribution in [0.1, 0.15) is 5.56 Å². The van der Waals surface area contributed by atoms with Crippen molar-refractivity contribution in [2.24, 2.45) is 0 Å². The maximum atomic E-state index is 11.0. The average molecular weight is 700 g/mol. The molecule has 0 saturated heterocycles. The summed E-state index contributed by atoms with van der Waals surface area (Å²) in [5.74, 6) is 0. The molecule has 0 aliphatic rings. The second-order valence-electron chi connectivity index (χ2n) is 13.9. The van der Waals surface area contributed by atoms with E-state index in [1.54, 1.807) is 0 Å². The van der Waals surface area contributed by atoms with E-state index in [1.807, 2.05) is 30.3 Å². The summed E-state index contributed by atoms with van der Waals surface area (Å²) in [4.78, 5) is 3.71. The number of fused-ring (bicyclic) bond motifs is 9. The van der Waals surface area contributed by atoms with Gasteiger partial charge in [0.25, 0.3) is 0 Å². The van der Waals surface area contributed by atoms with Gasteiger partial charge in [-0.15, -0.1) is 0 Å². The van der Waals surface area contributed by atoms with Crippen LogP contribution in [-0.4, -0.2) is 13.7 Å². The Morgan fingerprint density at radius 1 is 0.418 bits per heavy atom. The highest BCUT2D eigenvalue weighted by atomic mass is 15.1. The molecule has 0 unspecified atom stereocenters. The monoisotopic (exact) mass is 699 g/mol. The fourth-order valence-electron chi connectivity index (χ4n) is 8.80. The fourth-order valence-corrected chi connectivity index (χ4v) is 8.80. The van der Waals surface area contributed by atoms with Gasteiger partial charge in [0.1, 0.15) is 6.07 Å². The number of hydrogen-bond donors (Lipinski definition) is 0. The molecule has 0 amide bonds. The van der Waals surface area contributed by atoms with Crippen molar-refractivity contribution < 1.29 is 0 Å². The van der Waals surface area contributed by atoms with E-state index in [9.17, 15) is 5.26 Å². The predicted molar refractivity (Wildman–Crippen MR) is 226 cm³/mol. The van der Waals surface area contributed by atoms with Crippen LogP contribution in [0.3, 0.4) is 0 Å². The van der Waals surface area contributed by atoms with Crippen molar-refractivity contribution in [1.82, 2.24) is 13.7 Å². The third-order valence-electron chi connectivity index (χ3n) is 11.1. The van der Waals surface area contributed by atoms with Crippen molar-refractivity contribution in [3.8, 4) is 34.3 Å². The third-order valence-corrected chi connectivity index (χ3v) is 11.1. The fraction of sp³-hybridized carbons (Fsp3) is 0. The van der Waals surface area contributed by atoms with Gasteiger partial charge in [0.05, 0.1) is 62.3 Å². The first-order valence-electron chi connectivity index (χ1n) is 18.3. The van der Waals surface area contributed by atoms with Crippen LogP contribution in [0, 0.1) is 17.9 Å². The molecular weight excluding hydrogens is 671 g/mol. The first-order valence-corrected chi connectivity index (χ1v) is 18.3. The van der Waals surface area contributed by atoms with E-state index in [1.165, 1.54) is 10.8 Å². The zero-order valence-corrected chi connectivity index (χ0v) is 29.5. The molecule has 55 heavy (non-hydrogen) atoms. The summed E-state index contributed by atoms with van der Waals surface area (Å²) in [5, 5.41) is 17.8. The SMILES string of the molecule is [C-]#[N+]c1ccc2c(c1)c1ccccc1n2-c1ccccc1-c1ccc(-n2c3ccccc3c3cccc(-n4c5ccccc5c5ccccc54)c32)c(C#N)c1. The number of hydrogen-bond acceptors (Lipinski definition) is 1. The Kier molecular flexibility index (Phi) is 6.61. The number of nitriles is 1. The van der Waals surface area contributed by atoms with Crippen LogP contribution in [0.25, 0.3) is 98.5 Å². The molecule has 11 aromatic rings. The van der Waals surface area contributed by atoms with E-state index < -0.39 is 0 Å². The van der Waals surface area contributed by atoms with Crippen LogP contribution in [0.2, 0.25) is 0 Å². The Labute approximate surface area is 316 Å². The summed E-state index contributed by atoms with van der Waals surface area (Å²) in [7, 11) is 0. The molecular formula is C50H29N5. The topological polar surface area (TPSA) is 42.9 Å². The van der Waals surface area contributed by atoms with E-state index in [0.29, 0.717) is 11.3 Å². The van der Waals surface area contributed by atoms with Gasteiger partial charge in [0.15, 0.2) is 5.69 Å². The van der Waals surface area contributed by atoms with E-state index in [2.05, 4.69) is 170 Å². The van der Waals surface area contributed by atoms with E-state index in [4.69, 9.17) is 6.57 Å². The minimum absolute atomic E-state index is 0.580. The van der Waals surface area contributed by atoms with Crippen molar-refractivity contribution in [1.29, 1.82) is 5.26 Å². The number of aromatic nitrogens is 3. The van der Waals surface area contributed by atoms with Crippen molar-refractivity contribution in [2.45, 2.75) is 0 Å². The Hall–Kier alpha value is -7.86. The highest BCUT2D eigenvalue weighted by Gasteiger charge is 2.22. The Morgan fingerprint density at radius 2 is 0.927 bits per heavy atom. The summed E-state index contributed by atoms with van der Waals surface area (Å²) in [6.07, 6.45) is 0. The minimum atomic E-state index is 0.580. The highest BCUT2D eigenvalue weighted by molar-refractivity contribution is 6.15. The van der Waals surface area contributed by atoms with Gasteiger partial charge >= 0.3 is 0 Å². The van der Waals surface area contributed by atoms with Crippen LogP contribution in [0.4, 0.5) is 5.69 Å². The van der Waals surface area contributed by atoms with Crippen LogP contribution in [0.5, 0.6) is 0 Å². The lowest BCUT2D eigenvalue weighted by Crippen LogP contribution is -2.03. The lowest BCUT2D eigenvalue weighted by atomic mass is 10.00. The molecule has 3 heterocycles. The van der Waals surface area contributed by atoms with Gasteiger partial charge in [0.2, 0.25) is 0 Å². The van der Waals surface area contributed by atoms with E-state index in [0.717, 1.165) is 82.8 Å². The molecule has 8 aromatic carbocycles. The number of rotatable bonds is 4. The van der Waals surface area contributed by atoms with Crippen molar-refractivity contribution in [3.05, 3.63) is 193 Å². The van der Waals surface area contributed by atoms with Gasteiger partial charge in [-0.2, -0.15) is 5.26 Å². The normalized spacial score (nSPS) is 11.6. The summed E-state index contributed by atoms with van der Waals surface area (Å²) in [6.45, 7) is 7.64. The van der Waals surface area contributed by atoms with E-state index >= 15 is 0 Å². The van der Waals surface area contributed by atoms with Crippen LogP contribution >= 0.6 is 0 Å². The Morgan fingerprint density at radius 3 is 1.58 bits per heavy atom. The first-order chi connectivity index (χ1) is 27.2. The molecule has 0 atom stereocenters. The molecule has 0 bridgehead atoms. The van der Waals surface area contributed by atoms with Crippen molar-refractivity contribution >= 4 is 71.1 Å². The van der Waals surface area contributed by atoms with E-state index in [-0.39, 0.29) is 0 Å². The molecule has 254 valence electrons. The quantitative estimate of drug-likeness (QED) is 0.169. The molecule has 0 aliphatic carbocycles. The number of benzene rings is 8. The third kappa shape index (κ3) is 4.39. The lowest BCUT2D eigenvalue weighted by Gasteiger charge is -2.17. The molecule has 3 aromatic heterocycles. The second-order valence-corrected chi connectivity index (χ2v) is 13.9. The molecule has 5 heteroatoms. The maximum Gasteiger partial charge on any atom is 0.188 e. The number of nitrogens with zero attached hydrogens (tertiary/aromatic N) is 5. The minimum Gasteiger partial charge on any atom is -0.309 e. The standard InChI is InChI=1S/C50H29N5/c1-52-34-26-28-48-41(30-34)39-17-6-10-22-46(39)53(48)43-19-7-2-13-35(43)32-25-27-42(33(29-32)31-51)55-47-23-11-5-16-38(47)40-18-12-24-49(50(40)55)54-44-20-8-3-14-36(44)37-15-4-9-21-45(37)54/h2-30H. The molecule has 0 aliphatic heterocycles. The molecule has 0 radical (unpaired) electrons. The Bertz CT molecular complexity index is 3420. The second kappa shape index (κ2) is 11.8. The predicted octanol–water partition coefficient (Wildman–Crippen LogP) is 13.1. The van der Waals surface area contributed by atoms with Gasteiger partial charge < -0.3 is 13.7 Å². The first kappa shape index (κ1) is 30.7. The van der Waals surface area contributed by atoms with Gasteiger partial charge in [-0.05, 0) is 71.6 Å².